The van der Waals surface area contributed by atoms with Crippen LogP contribution in [0.15, 0.2) is 18.2 Å². The van der Waals surface area contributed by atoms with Crippen LogP contribution >= 0.6 is 0 Å². The second kappa shape index (κ2) is 6.09. The van der Waals surface area contributed by atoms with E-state index in [1.807, 2.05) is 24.8 Å². The molecular formula is C16H23NO2. The van der Waals surface area contributed by atoms with Crippen LogP contribution in [-0.4, -0.2) is 17.6 Å². The van der Waals surface area contributed by atoms with Gasteiger partial charge in [-0.2, -0.15) is 0 Å². The summed E-state index contributed by atoms with van der Waals surface area (Å²) in [6, 6.07) is 5.22. The summed E-state index contributed by atoms with van der Waals surface area (Å²) in [6.07, 6.45) is 5.58. The molecule has 104 valence electrons. The zero-order valence-corrected chi connectivity index (χ0v) is 11.9. The molecule has 1 aliphatic rings. The lowest BCUT2D eigenvalue weighted by atomic mass is 9.88. The van der Waals surface area contributed by atoms with Crippen molar-refractivity contribution in [1.29, 1.82) is 0 Å². The maximum atomic E-state index is 12.6. The summed E-state index contributed by atoms with van der Waals surface area (Å²) in [5, 5.41) is 9.64. The third-order valence-corrected chi connectivity index (χ3v) is 4.02. The quantitative estimate of drug-likeness (QED) is 0.902. The molecular weight excluding hydrogens is 238 g/mol. The first kappa shape index (κ1) is 13.9. The first-order valence-electron chi connectivity index (χ1n) is 7.24. The summed E-state index contributed by atoms with van der Waals surface area (Å²) in [4.78, 5) is 14.5. The Morgan fingerprint density at radius 1 is 1.32 bits per heavy atom. The number of amides is 1. The molecule has 0 unspecified atom stereocenters. The third-order valence-electron chi connectivity index (χ3n) is 4.02. The van der Waals surface area contributed by atoms with Gasteiger partial charge >= 0.3 is 0 Å². The van der Waals surface area contributed by atoms with E-state index in [2.05, 4.69) is 0 Å². The number of benzene rings is 1. The smallest absolute Gasteiger partial charge is 0.230 e. The molecule has 0 bridgehead atoms. The van der Waals surface area contributed by atoms with Crippen LogP contribution in [0.3, 0.4) is 0 Å². The van der Waals surface area contributed by atoms with Crippen molar-refractivity contribution in [1.82, 2.24) is 0 Å². The Morgan fingerprint density at radius 2 is 2.00 bits per heavy atom. The maximum Gasteiger partial charge on any atom is 0.230 e. The second-order valence-corrected chi connectivity index (χ2v) is 5.39. The Hall–Kier alpha value is -1.51. The molecule has 3 heteroatoms. The normalized spacial score (nSPS) is 16.3. The Balaban J connectivity index is 2.23. The summed E-state index contributed by atoms with van der Waals surface area (Å²) in [5.41, 5.74) is 1.88. The average molecular weight is 261 g/mol. The lowest BCUT2D eigenvalue weighted by Gasteiger charge is -2.29. The van der Waals surface area contributed by atoms with E-state index in [0.29, 0.717) is 6.54 Å². The maximum absolute atomic E-state index is 12.6. The minimum atomic E-state index is 0.162. The van der Waals surface area contributed by atoms with Gasteiger partial charge in [-0.25, -0.2) is 0 Å². The van der Waals surface area contributed by atoms with Gasteiger partial charge in [-0.3, -0.25) is 4.79 Å². The van der Waals surface area contributed by atoms with E-state index in [-0.39, 0.29) is 17.6 Å². The molecule has 0 aliphatic heterocycles. The summed E-state index contributed by atoms with van der Waals surface area (Å²) in [6.45, 7) is 4.62. The molecule has 0 heterocycles. The highest BCUT2D eigenvalue weighted by molar-refractivity contribution is 5.95. The average Bonchev–Trinajstić information content (AvgIpc) is 2.44. The molecule has 1 fully saturated rings. The van der Waals surface area contributed by atoms with Crippen LogP contribution in [0.25, 0.3) is 0 Å². The van der Waals surface area contributed by atoms with Crippen molar-refractivity contribution in [3.8, 4) is 5.75 Å². The summed E-state index contributed by atoms with van der Waals surface area (Å²) in [5.74, 6) is 0.599. The Morgan fingerprint density at radius 3 is 2.63 bits per heavy atom. The molecule has 3 nitrogen and oxygen atoms in total. The molecule has 0 atom stereocenters. The van der Waals surface area contributed by atoms with Gasteiger partial charge in [-0.1, -0.05) is 25.3 Å². The van der Waals surface area contributed by atoms with Crippen molar-refractivity contribution in [2.24, 2.45) is 5.92 Å². The fourth-order valence-corrected chi connectivity index (χ4v) is 2.90. The lowest BCUT2D eigenvalue weighted by Crippen LogP contribution is -2.37. The van der Waals surface area contributed by atoms with Crippen LogP contribution in [0.4, 0.5) is 5.69 Å². The fourth-order valence-electron chi connectivity index (χ4n) is 2.90. The monoisotopic (exact) mass is 261 g/mol. The molecule has 1 aliphatic carbocycles. The number of hydrogen-bond acceptors (Lipinski definition) is 2. The van der Waals surface area contributed by atoms with Gasteiger partial charge in [0, 0.05) is 18.5 Å². The van der Waals surface area contributed by atoms with E-state index in [0.717, 1.165) is 36.9 Å². The number of aryl methyl sites for hydroxylation is 1. The van der Waals surface area contributed by atoms with E-state index in [4.69, 9.17) is 0 Å². The minimum absolute atomic E-state index is 0.162. The second-order valence-electron chi connectivity index (χ2n) is 5.39. The predicted octanol–water partition coefficient (Wildman–Crippen LogP) is 3.63. The molecule has 2 rings (SSSR count). The number of rotatable bonds is 3. The van der Waals surface area contributed by atoms with E-state index in [9.17, 15) is 9.90 Å². The zero-order valence-electron chi connectivity index (χ0n) is 11.9. The molecule has 0 radical (unpaired) electrons. The van der Waals surface area contributed by atoms with Crippen molar-refractivity contribution in [2.45, 2.75) is 46.0 Å². The number of carbonyl (C=O) groups is 1. The summed E-state index contributed by atoms with van der Waals surface area (Å²) < 4.78 is 0. The molecule has 0 aromatic heterocycles. The summed E-state index contributed by atoms with van der Waals surface area (Å²) >= 11 is 0. The number of hydrogen-bond donors (Lipinski definition) is 1. The molecule has 0 spiro atoms. The number of aromatic hydroxyl groups is 1. The molecule has 1 N–H and O–H groups in total. The Labute approximate surface area is 115 Å². The third kappa shape index (κ3) is 3.09. The zero-order chi connectivity index (χ0) is 13.8. The predicted molar refractivity (Wildman–Crippen MR) is 77.4 cm³/mol. The highest BCUT2D eigenvalue weighted by atomic mass is 16.3. The highest BCUT2D eigenvalue weighted by Crippen LogP contribution is 2.30. The largest absolute Gasteiger partial charge is 0.508 e. The number of nitrogens with zero attached hydrogens (tertiary/aromatic N) is 1. The highest BCUT2D eigenvalue weighted by Gasteiger charge is 2.26. The first-order valence-corrected chi connectivity index (χ1v) is 7.24. The lowest BCUT2D eigenvalue weighted by molar-refractivity contribution is -0.123. The molecule has 1 aromatic carbocycles. The topological polar surface area (TPSA) is 40.5 Å². The van der Waals surface area contributed by atoms with Gasteiger partial charge in [0.2, 0.25) is 5.91 Å². The van der Waals surface area contributed by atoms with Crippen LogP contribution in [0.5, 0.6) is 5.75 Å². The van der Waals surface area contributed by atoms with E-state index in [1.165, 1.54) is 6.42 Å². The van der Waals surface area contributed by atoms with Crippen LogP contribution in [0.1, 0.15) is 44.6 Å². The van der Waals surface area contributed by atoms with Gasteiger partial charge in [0.15, 0.2) is 0 Å². The standard InChI is InChI=1S/C16H23NO2/c1-3-17(15-11-14(18)10-9-12(15)2)16(19)13-7-5-4-6-8-13/h9-11,13,18H,3-8H2,1-2H3. The van der Waals surface area contributed by atoms with E-state index in [1.54, 1.807) is 12.1 Å². The molecule has 1 saturated carbocycles. The Kier molecular flexibility index (Phi) is 4.46. The number of phenolic OH excluding ortho intramolecular Hbond substituents is 1. The van der Waals surface area contributed by atoms with Crippen molar-refractivity contribution < 1.29 is 9.90 Å². The van der Waals surface area contributed by atoms with Crippen LogP contribution in [0.2, 0.25) is 0 Å². The minimum Gasteiger partial charge on any atom is -0.508 e. The Bertz CT molecular complexity index is 450. The van der Waals surface area contributed by atoms with Gasteiger partial charge < -0.3 is 10.0 Å². The van der Waals surface area contributed by atoms with Gasteiger partial charge in [0.05, 0.1) is 5.69 Å². The van der Waals surface area contributed by atoms with Gasteiger partial charge in [-0.05, 0) is 38.3 Å². The first-order chi connectivity index (χ1) is 9.13. The van der Waals surface area contributed by atoms with Crippen molar-refractivity contribution in [3.05, 3.63) is 23.8 Å². The van der Waals surface area contributed by atoms with Crippen LogP contribution in [-0.2, 0) is 4.79 Å². The van der Waals surface area contributed by atoms with Gasteiger partial charge in [-0.15, -0.1) is 0 Å². The van der Waals surface area contributed by atoms with Crippen molar-refractivity contribution in [3.63, 3.8) is 0 Å². The van der Waals surface area contributed by atoms with E-state index < -0.39 is 0 Å². The molecule has 0 saturated heterocycles. The van der Waals surface area contributed by atoms with Crippen LogP contribution < -0.4 is 4.90 Å². The van der Waals surface area contributed by atoms with Gasteiger partial charge in [0.25, 0.3) is 0 Å². The fraction of sp³-hybridized carbons (Fsp3) is 0.562. The molecule has 1 amide bonds. The van der Waals surface area contributed by atoms with Gasteiger partial charge in [0.1, 0.15) is 5.75 Å². The molecule has 19 heavy (non-hydrogen) atoms. The number of anilines is 1. The van der Waals surface area contributed by atoms with Crippen LogP contribution in [0, 0.1) is 12.8 Å². The number of carbonyl (C=O) groups excluding carboxylic acids is 1. The molecule has 1 aromatic rings. The SMILES string of the molecule is CCN(C(=O)C1CCCCC1)c1cc(O)ccc1C. The van der Waals surface area contributed by atoms with E-state index >= 15 is 0 Å². The number of phenols is 1. The summed E-state index contributed by atoms with van der Waals surface area (Å²) in [7, 11) is 0. The van der Waals surface area contributed by atoms with Crippen molar-refractivity contribution >= 4 is 11.6 Å². The van der Waals surface area contributed by atoms with Crippen molar-refractivity contribution in [2.75, 3.05) is 11.4 Å².